The van der Waals surface area contributed by atoms with Gasteiger partial charge in [0, 0.05) is 35.2 Å². The van der Waals surface area contributed by atoms with Gasteiger partial charge in [-0.05, 0) is 67.7 Å². The topological polar surface area (TPSA) is 54.6 Å². The third-order valence-corrected chi connectivity index (χ3v) is 8.94. The molecule has 0 amide bonds. The number of fused-ring (bicyclic) bond motifs is 4. The summed E-state index contributed by atoms with van der Waals surface area (Å²) in [7, 11) is 3.25. The minimum atomic E-state index is -0.675. The maximum atomic E-state index is 13.7. The molecule has 1 aromatic carbocycles. The molecule has 5 atom stereocenters. The van der Waals surface area contributed by atoms with Crippen LogP contribution >= 0.6 is 0 Å². The van der Waals surface area contributed by atoms with Crippen LogP contribution in [0.4, 0.5) is 0 Å². The van der Waals surface area contributed by atoms with Crippen LogP contribution in [0.25, 0.3) is 10.9 Å². The zero-order valence-corrected chi connectivity index (χ0v) is 18.2. The summed E-state index contributed by atoms with van der Waals surface area (Å²) in [6, 6.07) is 6.17. The molecular formula is C24H32N2O3. The van der Waals surface area contributed by atoms with Crippen LogP contribution in [-0.2, 0) is 21.4 Å². The molecule has 4 bridgehead atoms. The van der Waals surface area contributed by atoms with Crippen LogP contribution < -0.4 is 4.74 Å². The number of esters is 1. The Kier molecular flexibility index (Phi) is 3.93. The molecule has 1 N–H and O–H groups in total. The molecule has 4 heterocycles. The Morgan fingerprint density at radius 3 is 2.76 bits per heavy atom. The van der Waals surface area contributed by atoms with E-state index in [2.05, 4.69) is 42.8 Å². The highest BCUT2D eigenvalue weighted by Crippen LogP contribution is 2.66. The molecule has 4 aliphatic rings. The van der Waals surface area contributed by atoms with Crippen LogP contribution in [0.5, 0.6) is 5.75 Å². The van der Waals surface area contributed by atoms with Crippen molar-refractivity contribution < 1.29 is 14.3 Å². The van der Waals surface area contributed by atoms with E-state index in [1.54, 1.807) is 14.2 Å². The number of H-pyrrole nitrogens is 1. The number of piperidine rings is 2. The fourth-order valence-corrected chi connectivity index (χ4v) is 7.26. The smallest absolute Gasteiger partial charge is 0.319 e. The van der Waals surface area contributed by atoms with Crippen LogP contribution in [0.3, 0.4) is 0 Å². The number of hydrogen-bond acceptors (Lipinski definition) is 4. The maximum Gasteiger partial charge on any atom is 0.319 e. The van der Waals surface area contributed by atoms with Gasteiger partial charge in [-0.2, -0.15) is 0 Å². The van der Waals surface area contributed by atoms with E-state index < -0.39 is 5.41 Å². The van der Waals surface area contributed by atoms with Gasteiger partial charge in [0.2, 0.25) is 0 Å². The number of rotatable bonds is 3. The third-order valence-electron chi connectivity index (χ3n) is 8.94. The Bertz CT molecular complexity index is 997. The molecule has 1 aromatic heterocycles. The number of methoxy groups -OCH3 is 2. The molecule has 1 saturated carbocycles. The molecule has 2 aromatic rings. The van der Waals surface area contributed by atoms with Crippen LogP contribution in [0.2, 0.25) is 0 Å². The zero-order chi connectivity index (χ0) is 20.6. The lowest BCUT2D eigenvalue weighted by atomic mass is 9.43. The van der Waals surface area contributed by atoms with Gasteiger partial charge in [0.25, 0.3) is 0 Å². The Morgan fingerprint density at radius 2 is 2.07 bits per heavy atom. The zero-order valence-electron chi connectivity index (χ0n) is 18.2. The van der Waals surface area contributed by atoms with E-state index >= 15 is 0 Å². The van der Waals surface area contributed by atoms with Crippen molar-refractivity contribution >= 4 is 16.9 Å². The standard InChI is InChI=1S/C24H32N2O3/c1-6-22(2)12-15-13-24(21(27)29-5)20-17(9-10-26(14-15)23(22,24)3)18-11-16(28-4)7-8-19(18)25-20/h7-8,11,15,25H,6,9-10,12-14H2,1-5H3. The van der Waals surface area contributed by atoms with Crippen LogP contribution in [0.1, 0.15) is 51.3 Å². The number of ether oxygens (including phenoxy) is 2. The largest absolute Gasteiger partial charge is 0.497 e. The lowest BCUT2D eigenvalue weighted by Gasteiger charge is -2.69. The number of aromatic nitrogens is 1. The summed E-state index contributed by atoms with van der Waals surface area (Å²) < 4.78 is 11.1. The van der Waals surface area contributed by atoms with E-state index in [0.717, 1.165) is 49.3 Å². The van der Waals surface area contributed by atoms with Gasteiger partial charge in [-0.15, -0.1) is 0 Å². The van der Waals surface area contributed by atoms with Crippen molar-refractivity contribution in [3.8, 4) is 5.75 Å². The number of nitrogens with zero attached hydrogens (tertiary/aromatic N) is 1. The highest BCUT2D eigenvalue weighted by molar-refractivity contribution is 5.93. The van der Waals surface area contributed by atoms with Crippen molar-refractivity contribution in [1.82, 2.24) is 9.88 Å². The second kappa shape index (κ2) is 6.00. The minimum Gasteiger partial charge on any atom is -0.497 e. The summed E-state index contributed by atoms with van der Waals surface area (Å²) in [5.74, 6) is 1.27. The van der Waals surface area contributed by atoms with Crippen molar-refractivity contribution in [3.05, 3.63) is 29.5 Å². The average molecular weight is 397 g/mol. The number of nitrogens with one attached hydrogen (secondary N) is 1. The Labute approximate surface area is 172 Å². The fourth-order valence-electron chi connectivity index (χ4n) is 7.26. The van der Waals surface area contributed by atoms with E-state index in [4.69, 9.17) is 9.47 Å². The summed E-state index contributed by atoms with van der Waals surface area (Å²) in [6.07, 6.45) is 4.03. The first-order chi connectivity index (χ1) is 13.8. The first kappa shape index (κ1) is 19.0. The molecule has 156 valence electrons. The Morgan fingerprint density at radius 1 is 1.28 bits per heavy atom. The minimum absolute atomic E-state index is 0.0545. The molecule has 0 spiro atoms. The maximum absolute atomic E-state index is 13.7. The third kappa shape index (κ3) is 2.07. The first-order valence-electron chi connectivity index (χ1n) is 10.9. The molecule has 6 rings (SSSR count). The highest BCUT2D eigenvalue weighted by Gasteiger charge is 2.73. The SMILES string of the molecule is CCC1(C)CC2CN3CCc4c([nH]c5ccc(OC)cc45)C(C(=O)OC)(C2)C31C. The second-order valence-corrected chi connectivity index (χ2v) is 9.74. The predicted molar refractivity (Wildman–Crippen MR) is 113 cm³/mol. The second-order valence-electron chi connectivity index (χ2n) is 9.74. The molecule has 5 heteroatoms. The van der Waals surface area contributed by atoms with Gasteiger partial charge < -0.3 is 14.5 Å². The summed E-state index contributed by atoms with van der Waals surface area (Å²) >= 11 is 0. The van der Waals surface area contributed by atoms with Gasteiger partial charge in [-0.25, -0.2) is 0 Å². The summed E-state index contributed by atoms with van der Waals surface area (Å²) in [5.41, 5.74) is 2.52. The normalized spacial score (nSPS) is 37.8. The number of aromatic amines is 1. The first-order valence-corrected chi connectivity index (χ1v) is 10.9. The van der Waals surface area contributed by atoms with Crippen molar-refractivity contribution in [3.63, 3.8) is 0 Å². The molecule has 2 saturated heterocycles. The van der Waals surface area contributed by atoms with Crippen LogP contribution in [0, 0.1) is 11.3 Å². The van der Waals surface area contributed by atoms with Gasteiger partial charge in [-0.3, -0.25) is 9.69 Å². The van der Waals surface area contributed by atoms with Crippen LogP contribution in [0.15, 0.2) is 18.2 Å². The van der Waals surface area contributed by atoms with Crippen molar-refractivity contribution in [2.24, 2.45) is 11.3 Å². The summed E-state index contributed by atoms with van der Waals surface area (Å²) in [4.78, 5) is 20.0. The van der Waals surface area contributed by atoms with E-state index in [1.165, 1.54) is 17.4 Å². The number of carbonyl (C=O) groups is 1. The molecule has 5 nitrogen and oxygen atoms in total. The molecule has 5 unspecified atom stereocenters. The number of carbonyl (C=O) groups excluding carboxylic acids is 1. The van der Waals surface area contributed by atoms with Crippen molar-refractivity contribution in [1.29, 1.82) is 0 Å². The predicted octanol–water partition coefficient (Wildman–Crippen LogP) is 4.04. The lowest BCUT2D eigenvalue weighted by molar-refractivity contribution is -0.198. The van der Waals surface area contributed by atoms with Gasteiger partial charge in [0.05, 0.1) is 14.2 Å². The molecule has 0 radical (unpaired) electrons. The van der Waals surface area contributed by atoms with E-state index in [1.807, 2.05) is 6.07 Å². The van der Waals surface area contributed by atoms with E-state index in [0.29, 0.717) is 5.92 Å². The Hall–Kier alpha value is -2.01. The summed E-state index contributed by atoms with van der Waals surface area (Å²) in [5, 5.41) is 1.18. The van der Waals surface area contributed by atoms with Gasteiger partial charge >= 0.3 is 5.97 Å². The molecule has 3 fully saturated rings. The summed E-state index contributed by atoms with van der Waals surface area (Å²) in [6.45, 7) is 9.06. The van der Waals surface area contributed by atoms with E-state index in [9.17, 15) is 4.79 Å². The van der Waals surface area contributed by atoms with Crippen molar-refractivity contribution in [2.45, 2.75) is 57.4 Å². The molecule has 1 aliphatic carbocycles. The van der Waals surface area contributed by atoms with Gasteiger partial charge in [-0.1, -0.05) is 13.8 Å². The highest BCUT2D eigenvalue weighted by atomic mass is 16.5. The van der Waals surface area contributed by atoms with Crippen LogP contribution in [-0.4, -0.2) is 48.7 Å². The number of hydrogen-bond donors (Lipinski definition) is 1. The lowest BCUT2D eigenvalue weighted by Crippen LogP contribution is -2.78. The Balaban J connectivity index is 1.86. The van der Waals surface area contributed by atoms with Crippen molar-refractivity contribution in [2.75, 3.05) is 27.3 Å². The monoisotopic (exact) mass is 396 g/mol. The fraction of sp³-hybridized carbons (Fsp3) is 0.625. The number of benzene rings is 1. The van der Waals surface area contributed by atoms with Gasteiger partial charge in [0.15, 0.2) is 0 Å². The quantitative estimate of drug-likeness (QED) is 0.796. The van der Waals surface area contributed by atoms with E-state index in [-0.39, 0.29) is 16.9 Å². The van der Waals surface area contributed by atoms with Gasteiger partial charge in [0.1, 0.15) is 11.2 Å². The molecule has 3 aliphatic heterocycles. The molecule has 29 heavy (non-hydrogen) atoms. The molecular weight excluding hydrogens is 364 g/mol. The average Bonchev–Trinajstić information content (AvgIpc) is 3.07.